The third-order valence-corrected chi connectivity index (χ3v) is 3.85. The zero-order valence-corrected chi connectivity index (χ0v) is 12.1. The van der Waals surface area contributed by atoms with Gasteiger partial charge in [-0.15, -0.1) is 0 Å². The Balaban J connectivity index is 1.98. The Kier molecular flexibility index (Phi) is 3.80. The average molecular weight is 297 g/mol. The summed E-state index contributed by atoms with van der Waals surface area (Å²) in [5.74, 6) is 0.343. The lowest BCUT2D eigenvalue weighted by Gasteiger charge is -2.23. The van der Waals surface area contributed by atoms with Crippen molar-refractivity contribution in [3.63, 3.8) is 0 Å². The molecule has 1 fully saturated rings. The number of benzene rings is 1. The standard InChI is InChI=1S/C15H15N5O2/c1-22-15(21)13-8-11(18-19-16)9-20(13)14-7-6-10-4-2-3-5-12(10)17-14/h2-7,11,13H,8-9H2,1H3/t11-,13-/m0/s1. The third-order valence-electron chi connectivity index (χ3n) is 3.85. The smallest absolute Gasteiger partial charge is 0.328 e. The molecule has 1 aliphatic rings. The highest BCUT2D eigenvalue weighted by Crippen LogP contribution is 2.28. The van der Waals surface area contributed by atoms with E-state index in [2.05, 4.69) is 15.0 Å². The Labute approximate surface area is 127 Å². The predicted octanol–water partition coefficient (Wildman–Crippen LogP) is 2.67. The summed E-state index contributed by atoms with van der Waals surface area (Å²) < 4.78 is 4.86. The summed E-state index contributed by atoms with van der Waals surface area (Å²) in [6.07, 6.45) is 0.436. The first-order chi connectivity index (χ1) is 10.7. The lowest BCUT2D eigenvalue weighted by molar-refractivity contribution is -0.142. The van der Waals surface area contributed by atoms with Crippen molar-refractivity contribution < 1.29 is 9.53 Å². The van der Waals surface area contributed by atoms with Gasteiger partial charge >= 0.3 is 5.97 Å². The fraction of sp³-hybridized carbons (Fsp3) is 0.333. The largest absolute Gasteiger partial charge is 0.467 e. The molecule has 2 aromatic rings. The minimum absolute atomic E-state index is 0.262. The molecule has 1 aromatic carbocycles. The van der Waals surface area contributed by atoms with Gasteiger partial charge in [0.15, 0.2) is 0 Å². The SMILES string of the molecule is COC(=O)[C@@H]1C[C@H](N=[N+]=[N-])CN1c1ccc2ccccc2n1. The average Bonchev–Trinajstić information content (AvgIpc) is 2.98. The molecule has 3 rings (SSSR count). The van der Waals surface area contributed by atoms with Crippen LogP contribution in [-0.4, -0.2) is 36.7 Å². The molecule has 0 N–H and O–H groups in total. The van der Waals surface area contributed by atoms with Crippen molar-refractivity contribution in [1.82, 2.24) is 4.98 Å². The molecular weight excluding hydrogens is 282 g/mol. The van der Waals surface area contributed by atoms with Crippen LogP contribution in [0.25, 0.3) is 21.3 Å². The predicted molar refractivity (Wildman–Crippen MR) is 82.4 cm³/mol. The van der Waals surface area contributed by atoms with E-state index in [1.54, 1.807) is 0 Å². The van der Waals surface area contributed by atoms with Crippen molar-refractivity contribution in [2.75, 3.05) is 18.6 Å². The number of aromatic nitrogens is 1. The fourth-order valence-corrected chi connectivity index (χ4v) is 2.80. The number of rotatable bonds is 3. The topological polar surface area (TPSA) is 91.2 Å². The Morgan fingerprint density at radius 1 is 1.41 bits per heavy atom. The molecule has 0 aliphatic carbocycles. The lowest BCUT2D eigenvalue weighted by Crippen LogP contribution is -2.37. The molecule has 0 bridgehead atoms. The van der Waals surface area contributed by atoms with E-state index in [-0.39, 0.29) is 12.0 Å². The zero-order chi connectivity index (χ0) is 15.5. The van der Waals surface area contributed by atoms with Crippen LogP contribution in [-0.2, 0) is 9.53 Å². The molecule has 2 atom stereocenters. The quantitative estimate of drug-likeness (QED) is 0.377. The second-order valence-electron chi connectivity index (χ2n) is 5.15. The van der Waals surface area contributed by atoms with Crippen LogP contribution in [0.5, 0.6) is 0 Å². The van der Waals surface area contributed by atoms with E-state index in [0.717, 1.165) is 10.9 Å². The Morgan fingerprint density at radius 2 is 2.23 bits per heavy atom. The number of esters is 1. The van der Waals surface area contributed by atoms with Crippen molar-refractivity contribution in [1.29, 1.82) is 0 Å². The van der Waals surface area contributed by atoms with E-state index in [9.17, 15) is 4.79 Å². The van der Waals surface area contributed by atoms with Gasteiger partial charge in [-0.3, -0.25) is 0 Å². The van der Waals surface area contributed by atoms with Crippen molar-refractivity contribution in [3.05, 3.63) is 46.8 Å². The number of hydrogen-bond donors (Lipinski definition) is 0. The van der Waals surface area contributed by atoms with Gasteiger partial charge in [-0.1, -0.05) is 23.3 Å². The molecule has 1 aromatic heterocycles. The second kappa shape index (κ2) is 5.91. The Bertz CT molecular complexity index is 756. The number of pyridine rings is 1. The van der Waals surface area contributed by atoms with Gasteiger partial charge in [0, 0.05) is 16.8 Å². The number of azide groups is 1. The number of methoxy groups -OCH3 is 1. The first kappa shape index (κ1) is 14.2. The van der Waals surface area contributed by atoms with Crippen LogP contribution in [0.15, 0.2) is 41.5 Å². The van der Waals surface area contributed by atoms with Gasteiger partial charge < -0.3 is 9.64 Å². The summed E-state index contributed by atoms with van der Waals surface area (Å²) in [6.45, 7) is 0.454. The molecule has 7 nitrogen and oxygen atoms in total. The van der Waals surface area contributed by atoms with Gasteiger partial charge in [-0.05, 0) is 30.2 Å². The summed E-state index contributed by atoms with van der Waals surface area (Å²) in [6, 6.07) is 10.9. The fourth-order valence-electron chi connectivity index (χ4n) is 2.80. The van der Waals surface area contributed by atoms with Gasteiger partial charge in [0.2, 0.25) is 0 Å². The number of carbonyl (C=O) groups is 1. The molecule has 1 aliphatic heterocycles. The Morgan fingerprint density at radius 3 is 3.00 bits per heavy atom. The molecule has 7 heteroatoms. The molecule has 0 spiro atoms. The number of anilines is 1. The van der Waals surface area contributed by atoms with Crippen molar-refractivity contribution in [2.24, 2.45) is 5.11 Å². The number of ether oxygens (including phenoxy) is 1. The molecule has 22 heavy (non-hydrogen) atoms. The van der Waals surface area contributed by atoms with E-state index in [0.29, 0.717) is 18.8 Å². The van der Waals surface area contributed by atoms with Crippen LogP contribution in [0.3, 0.4) is 0 Å². The molecule has 0 saturated carbocycles. The number of fused-ring (bicyclic) bond motifs is 1. The van der Waals surface area contributed by atoms with Crippen LogP contribution in [0.1, 0.15) is 6.42 Å². The molecule has 2 heterocycles. The van der Waals surface area contributed by atoms with Gasteiger partial charge in [0.05, 0.1) is 18.7 Å². The summed E-state index contributed by atoms with van der Waals surface area (Å²) >= 11 is 0. The van der Waals surface area contributed by atoms with Crippen LogP contribution in [0.2, 0.25) is 0 Å². The van der Waals surface area contributed by atoms with Crippen molar-refractivity contribution in [3.8, 4) is 0 Å². The monoisotopic (exact) mass is 297 g/mol. The molecule has 1 saturated heterocycles. The van der Waals surface area contributed by atoms with E-state index >= 15 is 0 Å². The number of nitrogens with zero attached hydrogens (tertiary/aromatic N) is 5. The lowest BCUT2D eigenvalue weighted by atomic mass is 10.2. The van der Waals surface area contributed by atoms with Crippen LogP contribution >= 0.6 is 0 Å². The number of carbonyl (C=O) groups excluding carboxylic acids is 1. The van der Waals surface area contributed by atoms with Crippen LogP contribution in [0, 0.1) is 0 Å². The minimum atomic E-state index is -0.478. The first-order valence-corrected chi connectivity index (χ1v) is 6.97. The van der Waals surface area contributed by atoms with E-state index in [4.69, 9.17) is 10.3 Å². The minimum Gasteiger partial charge on any atom is -0.467 e. The molecule has 0 unspecified atom stereocenters. The van der Waals surface area contributed by atoms with Gasteiger partial charge in [0.1, 0.15) is 11.9 Å². The summed E-state index contributed by atoms with van der Waals surface area (Å²) in [7, 11) is 1.36. The summed E-state index contributed by atoms with van der Waals surface area (Å²) in [5.41, 5.74) is 9.47. The maximum absolute atomic E-state index is 12.0. The number of hydrogen-bond acceptors (Lipinski definition) is 5. The Hall–Kier alpha value is -2.79. The van der Waals surface area contributed by atoms with Gasteiger partial charge in [-0.2, -0.15) is 0 Å². The van der Waals surface area contributed by atoms with Crippen LogP contribution in [0.4, 0.5) is 5.82 Å². The highest BCUT2D eigenvalue weighted by molar-refractivity contribution is 5.83. The molecule has 112 valence electrons. The van der Waals surface area contributed by atoms with E-state index in [1.165, 1.54) is 7.11 Å². The third kappa shape index (κ3) is 2.54. The maximum atomic E-state index is 12.0. The molecular formula is C15H15N5O2. The van der Waals surface area contributed by atoms with Crippen molar-refractivity contribution >= 4 is 22.7 Å². The van der Waals surface area contributed by atoms with E-state index < -0.39 is 6.04 Å². The summed E-state index contributed by atoms with van der Waals surface area (Å²) in [5, 5.41) is 4.77. The molecule has 0 radical (unpaired) electrons. The van der Waals surface area contributed by atoms with E-state index in [1.807, 2.05) is 41.3 Å². The normalized spacial score (nSPS) is 20.7. The highest BCUT2D eigenvalue weighted by Gasteiger charge is 2.38. The second-order valence-corrected chi connectivity index (χ2v) is 5.15. The highest BCUT2D eigenvalue weighted by atomic mass is 16.5. The van der Waals surface area contributed by atoms with Gasteiger partial charge in [0.25, 0.3) is 0 Å². The zero-order valence-electron chi connectivity index (χ0n) is 12.1. The van der Waals surface area contributed by atoms with Crippen LogP contribution < -0.4 is 4.90 Å². The summed E-state index contributed by atoms with van der Waals surface area (Å²) in [4.78, 5) is 21.3. The molecule has 0 amide bonds. The maximum Gasteiger partial charge on any atom is 0.328 e. The first-order valence-electron chi connectivity index (χ1n) is 6.97. The number of para-hydroxylation sites is 1. The van der Waals surface area contributed by atoms with Gasteiger partial charge in [-0.25, -0.2) is 9.78 Å². The van der Waals surface area contributed by atoms with Crippen molar-refractivity contribution in [2.45, 2.75) is 18.5 Å².